The molecular weight excluding hydrogens is 494 g/mol. The third-order valence-electron chi connectivity index (χ3n) is 5.16. The number of nitrogens with zero attached hydrogens (tertiary/aromatic N) is 2. The van der Waals surface area contributed by atoms with E-state index in [2.05, 4.69) is 21.2 Å². The van der Waals surface area contributed by atoms with Gasteiger partial charge in [0.25, 0.3) is 0 Å². The molecule has 0 saturated carbocycles. The number of hydrogen-bond acceptors (Lipinski definition) is 4. The van der Waals surface area contributed by atoms with Crippen molar-refractivity contribution in [3.05, 3.63) is 64.1 Å². The van der Waals surface area contributed by atoms with Gasteiger partial charge in [-0.25, -0.2) is 8.42 Å². The zero-order valence-corrected chi connectivity index (χ0v) is 21.4. The van der Waals surface area contributed by atoms with Crippen molar-refractivity contribution in [1.29, 1.82) is 0 Å². The van der Waals surface area contributed by atoms with E-state index in [4.69, 9.17) is 0 Å². The van der Waals surface area contributed by atoms with Gasteiger partial charge in [-0.05, 0) is 42.2 Å². The summed E-state index contributed by atoms with van der Waals surface area (Å²) in [4.78, 5) is 27.2. The van der Waals surface area contributed by atoms with Crippen LogP contribution in [-0.2, 0) is 26.2 Å². The molecule has 0 aliphatic carbocycles. The average Bonchev–Trinajstić information content (AvgIpc) is 2.73. The first-order valence-electron chi connectivity index (χ1n) is 10.3. The van der Waals surface area contributed by atoms with Crippen LogP contribution in [0, 0.1) is 0 Å². The van der Waals surface area contributed by atoms with Crippen molar-refractivity contribution in [3.63, 3.8) is 0 Å². The molecule has 9 heteroatoms. The molecule has 0 spiro atoms. The number of benzene rings is 2. The predicted octanol–water partition coefficient (Wildman–Crippen LogP) is 3.50. The molecule has 0 aliphatic heterocycles. The summed E-state index contributed by atoms with van der Waals surface area (Å²) in [5, 5.41) is 2.56. The molecule has 1 N–H and O–H groups in total. The standard InChI is InChI=1S/C23H30BrN3O4S/c1-16(2)20-11-6-7-12-21(20)27(32(5,30)31)15-22(28)26(17(3)23(29)25-4)14-18-9-8-10-19(24)13-18/h6-13,16-17H,14-15H2,1-5H3,(H,25,29). The maximum Gasteiger partial charge on any atom is 0.244 e. The topological polar surface area (TPSA) is 86.8 Å². The number of nitrogens with one attached hydrogen (secondary N) is 1. The van der Waals surface area contributed by atoms with Gasteiger partial charge in [-0.2, -0.15) is 0 Å². The van der Waals surface area contributed by atoms with Crippen molar-refractivity contribution in [3.8, 4) is 0 Å². The zero-order chi connectivity index (χ0) is 24.1. The van der Waals surface area contributed by atoms with Gasteiger partial charge in [-0.1, -0.05) is 60.1 Å². The molecule has 1 atom stereocenters. The van der Waals surface area contributed by atoms with Crippen LogP contribution in [0.1, 0.15) is 37.8 Å². The molecule has 32 heavy (non-hydrogen) atoms. The highest BCUT2D eigenvalue weighted by atomic mass is 79.9. The molecular formula is C23H30BrN3O4S. The fourth-order valence-electron chi connectivity index (χ4n) is 3.42. The van der Waals surface area contributed by atoms with Crippen LogP contribution < -0.4 is 9.62 Å². The minimum atomic E-state index is -3.76. The van der Waals surface area contributed by atoms with Gasteiger partial charge in [-0.15, -0.1) is 0 Å². The Morgan fingerprint density at radius 3 is 2.28 bits per heavy atom. The van der Waals surface area contributed by atoms with Gasteiger partial charge in [0.1, 0.15) is 12.6 Å². The van der Waals surface area contributed by atoms with Gasteiger partial charge in [-0.3, -0.25) is 13.9 Å². The Balaban J connectivity index is 2.45. The van der Waals surface area contributed by atoms with E-state index in [1.165, 1.54) is 11.9 Å². The van der Waals surface area contributed by atoms with E-state index in [0.717, 1.165) is 26.2 Å². The number of carbonyl (C=O) groups excluding carboxylic acids is 2. The first kappa shape index (κ1) is 25.9. The van der Waals surface area contributed by atoms with Crippen LogP contribution >= 0.6 is 15.9 Å². The molecule has 1 unspecified atom stereocenters. The minimum Gasteiger partial charge on any atom is -0.357 e. The Morgan fingerprint density at radius 1 is 1.06 bits per heavy atom. The maximum absolute atomic E-state index is 13.4. The summed E-state index contributed by atoms with van der Waals surface area (Å²) in [5.74, 6) is -0.736. The van der Waals surface area contributed by atoms with Crippen LogP contribution in [0.15, 0.2) is 53.0 Å². The molecule has 2 aromatic rings. The number of anilines is 1. The second-order valence-electron chi connectivity index (χ2n) is 7.92. The lowest BCUT2D eigenvalue weighted by atomic mass is 10.0. The van der Waals surface area contributed by atoms with E-state index < -0.39 is 28.5 Å². The molecule has 0 radical (unpaired) electrons. The van der Waals surface area contributed by atoms with E-state index in [0.29, 0.717) is 5.69 Å². The van der Waals surface area contributed by atoms with Gasteiger partial charge in [0.2, 0.25) is 21.8 Å². The lowest BCUT2D eigenvalue weighted by Gasteiger charge is -2.32. The normalized spacial score (nSPS) is 12.3. The highest BCUT2D eigenvalue weighted by Gasteiger charge is 2.30. The van der Waals surface area contributed by atoms with Crippen molar-refractivity contribution in [1.82, 2.24) is 10.2 Å². The summed E-state index contributed by atoms with van der Waals surface area (Å²) in [6.07, 6.45) is 1.08. The number of rotatable bonds is 9. The van der Waals surface area contributed by atoms with Crippen LogP contribution in [0.2, 0.25) is 0 Å². The molecule has 2 rings (SSSR count). The number of para-hydroxylation sites is 1. The summed E-state index contributed by atoms with van der Waals surface area (Å²) in [7, 11) is -2.25. The lowest BCUT2D eigenvalue weighted by molar-refractivity contribution is -0.139. The van der Waals surface area contributed by atoms with Crippen LogP contribution in [0.3, 0.4) is 0 Å². The molecule has 0 bridgehead atoms. The molecule has 7 nitrogen and oxygen atoms in total. The lowest BCUT2D eigenvalue weighted by Crippen LogP contribution is -2.50. The van der Waals surface area contributed by atoms with Gasteiger partial charge in [0.05, 0.1) is 11.9 Å². The summed E-state index contributed by atoms with van der Waals surface area (Å²) < 4.78 is 27.4. The van der Waals surface area contributed by atoms with E-state index in [9.17, 15) is 18.0 Å². The van der Waals surface area contributed by atoms with E-state index in [1.807, 2.05) is 50.2 Å². The smallest absolute Gasteiger partial charge is 0.244 e. The summed E-state index contributed by atoms with van der Waals surface area (Å²) in [5.41, 5.74) is 2.11. The largest absolute Gasteiger partial charge is 0.357 e. The fraction of sp³-hybridized carbons (Fsp3) is 0.391. The predicted molar refractivity (Wildman–Crippen MR) is 131 cm³/mol. The number of sulfonamides is 1. The first-order chi connectivity index (χ1) is 15.0. The van der Waals surface area contributed by atoms with Crippen molar-refractivity contribution in [2.75, 3.05) is 24.2 Å². The Bertz CT molecular complexity index is 1070. The molecule has 2 aromatic carbocycles. The second-order valence-corrected chi connectivity index (χ2v) is 10.7. The highest BCUT2D eigenvalue weighted by molar-refractivity contribution is 9.10. The average molecular weight is 524 g/mol. The van der Waals surface area contributed by atoms with E-state index in [1.54, 1.807) is 19.1 Å². The van der Waals surface area contributed by atoms with Crippen molar-refractivity contribution in [2.45, 2.75) is 39.3 Å². The summed E-state index contributed by atoms with van der Waals surface area (Å²) in [6.45, 7) is 5.32. The van der Waals surface area contributed by atoms with Crippen molar-refractivity contribution >= 4 is 43.5 Å². The molecule has 174 valence electrons. The number of amides is 2. The van der Waals surface area contributed by atoms with E-state index >= 15 is 0 Å². The third-order valence-corrected chi connectivity index (χ3v) is 6.78. The fourth-order valence-corrected chi connectivity index (χ4v) is 4.74. The van der Waals surface area contributed by atoms with Gasteiger partial charge in [0.15, 0.2) is 0 Å². The number of halogens is 1. The summed E-state index contributed by atoms with van der Waals surface area (Å²) >= 11 is 3.42. The van der Waals surface area contributed by atoms with Crippen molar-refractivity contribution < 1.29 is 18.0 Å². The number of carbonyl (C=O) groups is 2. The molecule has 0 heterocycles. The molecule has 0 fully saturated rings. The van der Waals surface area contributed by atoms with E-state index in [-0.39, 0.29) is 18.4 Å². The third kappa shape index (κ3) is 6.56. The maximum atomic E-state index is 13.4. The number of likely N-dealkylation sites (N-methyl/N-ethyl adjacent to an activating group) is 1. The minimum absolute atomic E-state index is 0.0631. The summed E-state index contributed by atoms with van der Waals surface area (Å²) in [6, 6.07) is 13.8. The second kappa shape index (κ2) is 11.0. The molecule has 2 amide bonds. The Hall–Kier alpha value is -2.39. The van der Waals surface area contributed by atoms with Crippen LogP contribution in [0.25, 0.3) is 0 Å². The first-order valence-corrected chi connectivity index (χ1v) is 12.9. The Labute approximate surface area is 199 Å². The van der Waals surface area contributed by atoms with Crippen LogP contribution in [0.5, 0.6) is 0 Å². The zero-order valence-electron chi connectivity index (χ0n) is 19.0. The molecule has 0 aliphatic rings. The van der Waals surface area contributed by atoms with Crippen LogP contribution in [0.4, 0.5) is 5.69 Å². The SMILES string of the molecule is CNC(=O)C(C)N(Cc1cccc(Br)c1)C(=O)CN(c1ccccc1C(C)C)S(C)(=O)=O. The molecule has 0 saturated heterocycles. The van der Waals surface area contributed by atoms with Gasteiger partial charge in [0, 0.05) is 18.1 Å². The van der Waals surface area contributed by atoms with Crippen molar-refractivity contribution in [2.24, 2.45) is 0 Å². The number of hydrogen-bond donors (Lipinski definition) is 1. The Kier molecular flexibility index (Phi) is 8.86. The van der Waals surface area contributed by atoms with Crippen LogP contribution in [-0.4, -0.2) is 51.0 Å². The van der Waals surface area contributed by atoms with Gasteiger partial charge < -0.3 is 10.2 Å². The monoisotopic (exact) mass is 523 g/mol. The Morgan fingerprint density at radius 2 is 1.72 bits per heavy atom. The molecule has 0 aromatic heterocycles. The highest BCUT2D eigenvalue weighted by Crippen LogP contribution is 2.29. The quantitative estimate of drug-likeness (QED) is 0.544. The van der Waals surface area contributed by atoms with Gasteiger partial charge >= 0.3 is 0 Å².